The molecular formula is C15H18N2OSi. The van der Waals surface area contributed by atoms with Crippen LogP contribution in [0, 0.1) is 6.92 Å². The van der Waals surface area contributed by atoms with Crippen molar-refractivity contribution in [3.05, 3.63) is 53.9 Å². The molecule has 0 N–H and O–H groups in total. The minimum absolute atomic E-state index is 0.843. The smallest absolute Gasteiger partial charge is 0.229 e. The van der Waals surface area contributed by atoms with Gasteiger partial charge in [-0.05, 0) is 49.8 Å². The normalized spacial score (nSPS) is 11.2. The summed E-state index contributed by atoms with van der Waals surface area (Å²) >= 11 is 0. The molecule has 0 atom stereocenters. The van der Waals surface area contributed by atoms with Crippen LogP contribution in [0.15, 0.2) is 47.6 Å². The van der Waals surface area contributed by atoms with E-state index >= 15 is 0 Å². The third kappa shape index (κ3) is 4.03. The molecule has 0 bridgehead atoms. The standard InChI is InChI=1S/C15H18N2OSi/c1-12-7-8-14(15(10-12)18-19(2)3)17-11-13-6-4-5-9-16-13/h4-11,19H,1-3H3. The van der Waals surface area contributed by atoms with Gasteiger partial charge in [-0.25, -0.2) is 0 Å². The Morgan fingerprint density at radius 1 is 1.21 bits per heavy atom. The summed E-state index contributed by atoms with van der Waals surface area (Å²) in [4.78, 5) is 8.70. The quantitative estimate of drug-likeness (QED) is 0.629. The Morgan fingerprint density at radius 3 is 2.74 bits per heavy atom. The highest BCUT2D eigenvalue weighted by molar-refractivity contribution is 6.49. The second-order valence-electron chi connectivity index (χ2n) is 4.65. The van der Waals surface area contributed by atoms with Crippen LogP contribution in [0.25, 0.3) is 0 Å². The van der Waals surface area contributed by atoms with Crippen molar-refractivity contribution in [2.75, 3.05) is 0 Å². The summed E-state index contributed by atoms with van der Waals surface area (Å²) in [6.45, 7) is 6.35. The first-order valence-corrected chi connectivity index (χ1v) is 9.15. The van der Waals surface area contributed by atoms with Crippen molar-refractivity contribution in [2.45, 2.75) is 20.0 Å². The fraction of sp³-hybridized carbons (Fsp3) is 0.200. The SMILES string of the molecule is Cc1ccc(N=Cc2ccccn2)c(O[SiH](C)C)c1. The fourth-order valence-corrected chi connectivity index (χ4v) is 2.36. The predicted molar refractivity (Wildman–Crippen MR) is 82.2 cm³/mol. The number of aryl methyl sites for hydroxylation is 1. The van der Waals surface area contributed by atoms with E-state index in [2.05, 4.69) is 30.0 Å². The van der Waals surface area contributed by atoms with Gasteiger partial charge in [-0.2, -0.15) is 0 Å². The molecule has 0 amide bonds. The Balaban J connectivity index is 2.26. The maximum atomic E-state index is 5.92. The topological polar surface area (TPSA) is 34.5 Å². The maximum Gasteiger partial charge on any atom is 0.229 e. The van der Waals surface area contributed by atoms with Crippen LogP contribution in [0.3, 0.4) is 0 Å². The van der Waals surface area contributed by atoms with Gasteiger partial charge in [-0.3, -0.25) is 9.98 Å². The molecule has 19 heavy (non-hydrogen) atoms. The van der Waals surface area contributed by atoms with Crippen LogP contribution in [-0.2, 0) is 0 Å². The van der Waals surface area contributed by atoms with Crippen molar-refractivity contribution < 1.29 is 4.43 Å². The van der Waals surface area contributed by atoms with Crippen LogP contribution in [0.1, 0.15) is 11.3 Å². The van der Waals surface area contributed by atoms with Crippen molar-refractivity contribution in [1.29, 1.82) is 0 Å². The Bertz CT molecular complexity index is 568. The zero-order chi connectivity index (χ0) is 13.7. The molecule has 1 aromatic heterocycles. The molecule has 2 rings (SSSR count). The van der Waals surface area contributed by atoms with E-state index in [0.29, 0.717) is 0 Å². The Hall–Kier alpha value is -1.94. The Labute approximate surface area is 115 Å². The lowest BCUT2D eigenvalue weighted by Gasteiger charge is -2.12. The lowest BCUT2D eigenvalue weighted by molar-refractivity contribution is 0.581. The first-order chi connectivity index (χ1) is 9.15. The third-order valence-electron chi connectivity index (χ3n) is 2.50. The van der Waals surface area contributed by atoms with Crippen LogP contribution >= 0.6 is 0 Å². The number of rotatable bonds is 4. The van der Waals surface area contributed by atoms with Gasteiger partial charge in [0, 0.05) is 6.20 Å². The van der Waals surface area contributed by atoms with Gasteiger partial charge >= 0.3 is 0 Å². The number of pyridine rings is 1. The first kappa shape index (κ1) is 13.5. The van der Waals surface area contributed by atoms with Crippen molar-refractivity contribution in [3.8, 4) is 5.75 Å². The van der Waals surface area contributed by atoms with Gasteiger partial charge in [-0.15, -0.1) is 0 Å². The highest BCUT2D eigenvalue weighted by atomic mass is 28.3. The average Bonchev–Trinajstić information content (AvgIpc) is 2.38. The number of hydrogen-bond acceptors (Lipinski definition) is 3. The van der Waals surface area contributed by atoms with E-state index in [4.69, 9.17) is 4.43 Å². The summed E-state index contributed by atoms with van der Waals surface area (Å²) in [7, 11) is -1.13. The third-order valence-corrected chi connectivity index (χ3v) is 3.23. The lowest BCUT2D eigenvalue weighted by Crippen LogP contribution is -2.11. The zero-order valence-corrected chi connectivity index (χ0v) is 12.7. The molecule has 0 spiro atoms. The zero-order valence-electron chi connectivity index (χ0n) is 11.5. The molecule has 1 aromatic carbocycles. The van der Waals surface area contributed by atoms with Crippen LogP contribution in [0.4, 0.5) is 5.69 Å². The number of benzene rings is 1. The van der Waals surface area contributed by atoms with Crippen molar-refractivity contribution in [2.24, 2.45) is 4.99 Å². The molecule has 0 fully saturated rings. The van der Waals surface area contributed by atoms with E-state index in [9.17, 15) is 0 Å². The molecule has 0 radical (unpaired) electrons. The number of aliphatic imine (C=N–C) groups is 1. The van der Waals surface area contributed by atoms with Crippen molar-refractivity contribution in [1.82, 2.24) is 4.98 Å². The van der Waals surface area contributed by atoms with Crippen LogP contribution in [0.2, 0.25) is 13.1 Å². The van der Waals surface area contributed by atoms with Gasteiger partial charge in [0.05, 0.1) is 11.9 Å². The van der Waals surface area contributed by atoms with Crippen molar-refractivity contribution >= 4 is 20.9 Å². The molecule has 0 saturated carbocycles. The van der Waals surface area contributed by atoms with Gasteiger partial charge in [0.1, 0.15) is 11.4 Å². The number of aromatic nitrogens is 1. The van der Waals surface area contributed by atoms with E-state index in [-0.39, 0.29) is 0 Å². The summed E-state index contributed by atoms with van der Waals surface area (Å²) in [5.41, 5.74) is 2.88. The molecule has 0 aliphatic carbocycles. The molecule has 0 aliphatic heterocycles. The molecule has 3 nitrogen and oxygen atoms in total. The number of hydrogen-bond donors (Lipinski definition) is 0. The summed E-state index contributed by atoms with van der Waals surface area (Å²) in [6, 6.07) is 11.8. The molecular weight excluding hydrogens is 252 g/mol. The fourth-order valence-electron chi connectivity index (χ4n) is 1.66. The maximum absolute atomic E-state index is 5.92. The van der Waals surface area contributed by atoms with Crippen LogP contribution in [-0.4, -0.2) is 20.2 Å². The van der Waals surface area contributed by atoms with E-state index in [1.165, 1.54) is 5.56 Å². The number of nitrogens with zero attached hydrogens (tertiary/aromatic N) is 2. The summed E-state index contributed by atoms with van der Waals surface area (Å²) < 4.78 is 5.92. The average molecular weight is 270 g/mol. The van der Waals surface area contributed by atoms with Gasteiger partial charge in [-0.1, -0.05) is 12.1 Å². The summed E-state index contributed by atoms with van der Waals surface area (Å²) in [6.07, 6.45) is 3.52. The minimum atomic E-state index is -1.13. The van der Waals surface area contributed by atoms with Gasteiger partial charge in [0.15, 0.2) is 0 Å². The van der Waals surface area contributed by atoms with Crippen LogP contribution in [0.5, 0.6) is 5.75 Å². The molecule has 4 heteroatoms. The van der Waals surface area contributed by atoms with E-state index in [1.807, 2.05) is 36.4 Å². The first-order valence-electron chi connectivity index (χ1n) is 6.37. The largest absolute Gasteiger partial charge is 0.546 e. The minimum Gasteiger partial charge on any atom is -0.546 e. The highest BCUT2D eigenvalue weighted by Gasteiger charge is 2.05. The van der Waals surface area contributed by atoms with Gasteiger partial charge in [0.25, 0.3) is 0 Å². The highest BCUT2D eigenvalue weighted by Crippen LogP contribution is 2.28. The van der Waals surface area contributed by atoms with E-state index in [1.54, 1.807) is 12.4 Å². The Kier molecular flexibility index (Phi) is 4.47. The molecule has 1 heterocycles. The second kappa shape index (κ2) is 6.29. The Morgan fingerprint density at radius 2 is 2.05 bits per heavy atom. The lowest BCUT2D eigenvalue weighted by atomic mass is 10.2. The summed E-state index contributed by atoms with van der Waals surface area (Å²) in [5.74, 6) is 0.869. The molecule has 2 aromatic rings. The monoisotopic (exact) mass is 270 g/mol. The van der Waals surface area contributed by atoms with Crippen LogP contribution < -0.4 is 4.43 Å². The van der Waals surface area contributed by atoms with Gasteiger partial charge in [0.2, 0.25) is 9.04 Å². The molecule has 0 aliphatic rings. The molecule has 98 valence electrons. The molecule has 0 saturated heterocycles. The second-order valence-corrected chi connectivity index (χ2v) is 6.98. The molecule has 0 unspecified atom stereocenters. The summed E-state index contributed by atoms with van der Waals surface area (Å²) in [5, 5.41) is 0. The predicted octanol–water partition coefficient (Wildman–Crippen LogP) is 3.50. The van der Waals surface area contributed by atoms with Crippen molar-refractivity contribution in [3.63, 3.8) is 0 Å². The van der Waals surface area contributed by atoms with E-state index in [0.717, 1.165) is 17.1 Å². The van der Waals surface area contributed by atoms with E-state index < -0.39 is 9.04 Å². The van der Waals surface area contributed by atoms with Gasteiger partial charge < -0.3 is 4.43 Å².